The fourth-order valence-electron chi connectivity index (χ4n) is 3.67. The van der Waals surface area contributed by atoms with E-state index in [0.29, 0.717) is 17.2 Å². The molecular weight excluding hydrogens is 388 g/mol. The molecule has 0 aliphatic rings. The average molecular weight is 431 g/mol. The average Bonchev–Trinajstić information content (AvgIpc) is 2.66. The topological polar surface area (TPSA) is 34.1 Å². The molecule has 0 saturated heterocycles. The van der Waals surface area contributed by atoms with Gasteiger partial charge in [-0.05, 0) is 69.9 Å². The molecule has 0 aliphatic heterocycles. The van der Waals surface area contributed by atoms with Gasteiger partial charge in [-0.15, -0.1) is 0 Å². The molecular formula is C27H42O2S. The van der Waals surface area contributed by atoms with Gasteiger partial charge in [-0.1, -0.05) is 87.8 Å². The Hall–Kier alpha value is -1.61. The molecule has 30 heavy (non-hydrogen) atoms. The summed E-state index contributed by atoms with van der Waals surface area (Å²) in [5, 5.41) is -0.536. The van der Waals surface area contributed by atoms with Gasteiger partial charge in [-0.2, -0.15) is 0 Å². The molecule has 168 valence electrons. The van der Waals surface area contributed by atoms with Crippen LogP contribution >= 0.6 is 0 Å². The van der Waals surface area contributed by atoms with E-state index < -0.39 is 15.1 Å². The molecule has 0 aromatic heterocycles. The third-order valence-corrected chi connectivity index (χ3v) is 7.69. The quantitative estimate of drug-likeness (QED) is 0.334. The first-order valence-corrected chi connectivity index (χ1v) is 12.7. The van der Waals surface area contributed by atoms with Gasteiger partial charge in [0.1, 0.15) is 0 Å². The summed E-state index contributed by atoms with van der Waals surface area (Å²) in [7, 11) is -3.43. The highest BCUT2D eigenvalue weighted by molar-refractivity contribution is 7.92. The van der Waals surface area contributed by atoms with E-state index in [9.17, 15) is 8.42 Å². The molecule has 1 unspecified atom stereocenters. The number of hydrogen-bond acceptors (Lipinski definition) is 2. The molecule has 0 fully saturated rings. The van der Waals surface area contributed by atoms with Gasteiger partial charge in [0.2, 0.25) is 0 Å². The van der Waals surface area contributed by atoms with Crippen molar-refractivity contribution in [2.24, 2.45) is 11.3 Å². The highest BCUT2D eigenvalue weighted by Gasteiger charge is 2.27. The van der Waals surface area contributed by atoms with Gasteiger partial charge in [-0.25, -0.2) is 8.42 Å². The highest BCUT2D eigenvalue weighted by atomic mass is 32.2. The second-order valence-corrected chi connectivity index (χ2v) is 11.9. The zero-order valence-corrected chi connectivity index (χ0v) is 21.1. The van der Waals surface area contributed by atoms with Crippen LogP contribution in [0.5, 0.6) is 0 Å². The van der Waals surface area contributed by atoms with E-state index in [-0.39, 0.29) is 5.41 Å². The van der Waals surface area contributed by atoms with Crippen molar-refractivity contribution in [1.29, 1.82) is 0 Å². The van der Waals surface area contributed by atoms with Gasteiger partial charge in [0, 0.05) is 0 Å². The lowest BCUT2D eigenvalue weighted by atomic mass is 9.81. The first-order chi connectivity index (χ1) is 13.9. The molecule has 0 spiro atoms. The van der Waals surface area contributed by atoms with Crippen molar-refractivity contribution in [2.45, 2.75) is 91.2 Å². The second kappa shape index (κ2) is 11.7. The molecule has 1 rings (SSSR count). The summed E-state index contributed by atoms with van der Waals surface area (Å²) in [6.07, 6.45) is 9.79. The lowest BCUT2D eigenvalue weighted by Gasteiger charge is -2.25. The van der Waals surface area contributed by atoms with Crippen molar-refractivity contribution >= 4 is 9.84 Å². The van der Waals surface area contributed by atoms with Crippen molar-refractivity contribution in [3.8, 4) is 0 Å². The Labute approximate surface area is 186 Å². The van der Waals surface area contributed by atoms with Crippen LogP contribution in [0.1, 0.15) is 81.1 Å². The lowest BCUT2D eigenvalue weighted by molar-refractivity contribution is 0.365. The van der Waals surface area contributed by atoms with Gasteiger partial charge in [0.05, 0.1) is 10.1 Å². The maximum absolute atomic E-state index is 13.4. The number of benzene rings is 1. The van der Waals surface area contributed by atoms with E-state index in [0.717, 1.165) is 30.4 Å². The van der Waals surface area contributed by atoms with Gasteiger partial charge >= 0.3 is 0 Å². The van der Waals surface area contributed by atoms with Crippen LogP contribution in [0.2, 0.25) is 0 Å². The molecule has 0 bridgehead atoms. The summed E-state index contributed by atoms with van der Waals surface area (Å²) >= 11 is 0. The molecule has 3 heteroatoms. The molecule has 0 aliphatic carbocycles. The van der Waals surface area contributed by atoms with Crippen molar-refractivity contribution in [2.75, 3.05) is 0 Å². The molecule has 2 nitrogen and oxygen atoms in total. The van der Waals surface area contributed by atoms with Crippen LogP contribution in [0.15, 0.2) is 70.2 Å². The minimum atomic E-state index is -3.43. The minimum Gasteiger partial charge on any atom is -0.223 e. The molecule has 1 aromatic rings. The van der Waals surface area contributed by atoms with Gasteiger partial charge in [0.25, 0.3) is 0 Å². The molecule has 0 N–H and O–H groups in total. The SMILES string of the molecule is CC/C=C(\C)CC(/C=C(\C)CC(C)(C)C/C=C(\C)C(C)C)S(=O)(=O)c1ccccc1. The van der Waals surface area contributed by atoms with Crippen LogP contribution in [0.3, 0.4) is 0 Å². The number of hydrogen-bond donors (Lipinski definition) is 0. The van der Waals surface area contributed by atoms with Gasteiger partial charge < -0.3 is 0 Å². The van der Waals surface area contributed by atoms with E-state index >= 15 is 0 Å². The summed E-state index contributed by atoms with van der Waals surface area (Å²) in [5.41, 5.74) is 3.77. The summed E-state index contributed by atoms with van der Waals surface area (Å²) in [6, 6.07) is 8.84. The Morgan fingerprint density at radius 2 is 1.60 bits per heavy atom. The predicted molar refractivity (Wildman–Crippen MR) is 131 cm³/mol. The normalized spacial score (nSPS) is 15.6. The molecule has 0 heterocycles. The third-order valence-electron chi connectivity index (χ3n) is 5.66. The zero-order valence-electron chi connectivity index (χ0n) is 20.3. The van der Waals surface area contributed by atoms with Crippen LogP contribution in [0.25, 0.3) is 0 Å². The summed E-state index contributed by atoms with van der Waals surface area (Å²) in [4.78, 5) is 0.401. The van der Waals surface area contributed by atoms with Crippen LogP contribution in [0, 0.1) is 11.3 Å². The summed E-state index contributed by atoms with van der Waals surface area (Å²) in [6.45, 7) is 17.3. The third kappa shape index (κ3) is 8.63. The monoisotopic (exact) mass is 430 g/mol. The number of allylic oxidation sites excluding steroid dienone is 5. The standard InChI is InChI=1S/C27H42O2S/c1-9-13-22(4)18-26(30(28,29)25-14-11-10-12-15-25)19-23(5)20-27(7,8)17-16-24(6)21(2)3/h10-16,19,21,26H,9,17-18,20H2,1-8H3/b22-13+,23-19+,24-16+. The van der Waals surface area contributed by atoms with E-state index in [2.05, 4.69) is 60.6 Å². The van der Waals surface area contributed by atoms with Crippen molar-refractivity contribution in [1.82, 2.24) is 0 Å². The maximum Gasteiger partial charge on any atom is 0.185 e. The van der Waals surface area contributed by atoms with Crippen LogP contribution in [-0.4, -0.2) is 13.7 Å². The lowest BCUT2D eigenvalue weighted by Crippen LogP contribution is -2.21. The zero-order chi connectivity index (χ0) is 22.9. The van der Waals surface area contributed by atoms with Crippen molar-refractivity contribution in [3.63, 3.8) is 0 Å². The van der Waals surface area contributed by atoms with Gasteiger partial charge in [-0.3, -0.25) is 0 Å². The summed E-state index contributed by atoms with van der Waals surface area (Å²) < 4.78 is 26.8. The highest BCUT2D eigenvalue weighted by Crippen LogP contribution is 2.32. The van der Waals surface area contributed by atoms with E-state index in [4.69, 9.17) is 0 Å². The van der Waals surface area contributed by atoms with Crippen LogP contribution in [0.4, 0.5) is 0 Å². The minimum absolute atomic E-state index is 0.0894. The Balaban J connectivity index is 3.17. The Bertz CT molecular complexity index is 853. The van der Waals surface area contributed by atoms with E-state index in [1.165, 1.54) is 5.57 Å². The van der Waals surface area contributed by atoms with Gasteiger partial charge in [0.15, 0.2) is 9.84 Å². The van der Waals surface area contributed by atoms with Crippen molar-refractivity contribution < 1.29 is 8.42 Å². The Kier molecular flexibility index (Phi) is 10.3. The first kappa shape index (κ1) is 26.4. The Morgan fingerprint density at radius 1 is 1.00 bits per heavy atom. The molecule has 1 atom stereocenters. The van der Waals surface area contributed by atoms with Crippen LogP contribution in [-0.2, 0) is 9.84 Å². The van der Waals surface area contributed by atoms with Crippen molar-refractivity contribution in [3.05, 3.63) is 65.3 Å². The first-order valence-electron chi connectivity index (χ1n) is 11.2. The fraction of sp³-hybridized carbons (Fsp3) is 0.556. The second-order valence-electron chi connectivity index (χ2n) is 9.72. The predicted octanol–water partition coefficient (Wildman–Crippen LogP) is 7.93. The number of sulfone groups is 1. The number of rotatable bonds is 11. The van der Waals surface area contributed by atoms with Crippen LogP contribution < -0.4 is 0 Å². The largest absolute Gasteiger partial charge is 0.223 e. The smallest absolute Gasteiger partial charge is 0.185 e. The fourth-order valence-corrected chi connectivity index (χ4v) is 5.45. The maximum atomic E-state index is 13.4. The molecule has 0 radical (unpaired) electrons. The molecule has 0 saturated carbocycles. The summed E-state index contributed by atoms with van der Waals surface area (Å²) in [5.74, 6) is 0.561. The Morgan fingerprint density at radius 3 is 2.13 bits per heavy atom. The van der Waals surface area contributed by atoms with E-state index in [1.54, 1.807) is 24.3 Å². The molecule has 1 aromatic carbocycles. The van der Waals surface area contributed by atoms with E-state index in [1.807, 2.05) is 19.1 Å². The molecule has 0 amide bonds.